The number of carbonyl (C=O) groups excluding carboxylic acids is 2. The van der Waals surface area contributed by atoms with Crippen molar-refractivity contribution >= 4 is 38.6 Å². The van der Waals surface area contributed by atoms with Gasteiger partial charge in [-0.05, 0) is 30.5 Å². The van der Waals surface area contributed by atoms with Crippen LogP contribution in [0.4, 0.5) is 0 Å². The SMILES string of the molecule is CCN1C(=O)c2cccc3cc(S(=O)(=O)NCC(=O)O)cc(c23)C1=O. The minimum atomic E-state index is -4.12. The molecule has 0 aromatic heterocycles. The maximum absolute atomic E-state index is 12.6. The van der Waals surface area contributed by atoms with Gasteiger partial charge in [-0.2, -0.15) is 4.72 Å². The molecule has 0 saturated heterocycles. The summed E-state index contributed by atoms with van der Waals surface area (Å²) < 4.78 is 26.6. The summed E-state index contributed by atoms with van der Waals surface area (Å²) in [6.45, 7) is 1.03. The van der Waals surface area contributed by atoms with E-state index in [4.69, 9.17) is 5.11 Å². The predicted octanol–water partition coefficient (Wildman–Crippen LogP) is 0.819. The molecule has 0 saturated carbocycles. The van der Waals surface area contributed by atoms with Gasteiger partial charge in [-0.1, -0.05) is 12.1 Å². The number of nitrogens with one attached hydrogen (secondary N) is 1. The molecule has 2 aromatic rings. The number of aliphatic carboxylic acids is 1. The Kier molecular flexibility index (Phi) is 4.05. The van der Waals surface area contributed by atoms with Crippen LogP contribution in [0, 0.1) is 0 Å². The Balaban J connectivity index is 2.24. The van der Waals surface area contributed by atoms with Crippen LogP contribution in [0.15, 0.2) is 35.2 Å². The molecule has 0 aliphatic carbocycles. The molecule has 2 amide bonds. The first-order chi connectivity index (χ1) is 11.8. The second kappa shape index (κ2) is 5.94. The molecule has 3 rings (SSSR count). The lowest BCUT2D eigenvalue weighted by Gasteiger charge is -2.26. The van der Waals surface area contributed by atoms with Crippen molar-refractivity contribution in [2.75, 3.05) is 13.1 Å². The number of benzene rings is 2. The highest BCUT2D eigenvalue weighted by Crippen LogP contribution is 2.32. The molecule has 0 unspecified atom stereocenters. The van der Waals surface area contributed by atoms with Gasteiger partial charge in [0.2, 0.25) is 10.0 Å². The maximum atomic E-state index is 12.6. The Morgan fingerprint density at radius 2 is 1.84 bits per heavy atom. The summed E-state index contributed by atoms with van der Waals surface area (Å²) in [7, 11) is -4.12. The lowest BCUT2D eigenvalue weighted by molar-refractivity contribution is -0.135. The topological polar surface area (TPSA) is 121 Å². The van der Waals surface area contributed by atoms with Crippen LogP contribution >= 0.6 is 0 Å². The van der Waals surface area contributed by atoms with Crippen LogP contribution in [0.2, 0.25) is 0 Å². The maximum Gasteiger partial charge on any atom is 0.318 e. The van der Waals surface area contributed by atoms with Crippen LogP contribution < -0.4 is 4.72 Å². The fourth-order valence-electron chi connectivity index (χ4n) is 2.81. The zero-order chi connectivity index (χ0) is 18.4. The molecular formula is C16H14N2O6S. The average molecular weight is 362 g/mol. The fourth-order valence-corrected chi connectivity index (χ4v) is 3.85. The second-order valence-corrected chi connectivity index (χ2v) is 7.21. The first kappa shape index (κ1) is 17.1. The van der Waals surface area contributed by atoms with E-state index < -0.39 is 34.4 Å². The number of rotatable bonds is 5. The number of imide groups is 1. The molecule has 25 heavy (non-hydrogen) atoms. The third-order valence-corrected chi connectivity index (χ3v) is 5.32. The lowest BCUT2D eigenvalue weighted by atomic mass is 9.94. The number of hydrogen-bond donors (Lipinski definition) is 2. The zero-order valence-electron chi connectivity index (χ0n) is 13.1. The van der Waals surface area contributed by atoms with E-state index in [-0.39, 0.29) is 17.0 Å². The molecule has 1 aliphatic rings. The highest BCUT2D eigenvalue weighted by molar-refractivity contribution is 7.89. The van der Waals surface area contributed by atoms with E-state index in [1.165, 1.54) is 12.1 Å². The van der Waals surface area contributed by atoms with Crippen LogP contribution in [0.25, 0.3) is 10.8 Å². The third-order valence-electron chi connectivity index (χ3n) is 3.94. The van der Waals surface area contributed by atoms with E-state index >= 15 is 0 Å². The van der Waals surface area contributed by atoms with Crippen molar-refractivity contribution in [1.82, 2.24) is 9.62 Å². The first-order valence-corrected chi connectivity index (χ1v) is 8.89. The molecule has 1 aliphatic heterocycles. The van der Waals surface area contributed by atoms with E-state index in [1.54, 1.807) is 25.1 Å². The largest absolute Gasteiger partial charge is 0.480 e. The zero-order valence-corrected chi connectivity index (χ0v) is 14.0. The number of carboxylic acids is 1. The van der Waals surface area contributed by atoms with Gasteiger partial charge in [-0.3, -0.25) is 19.3 Å². The van der Waals surface area contributed by atoms with Gasteiger partial charge in [0.15, 0.2) is 0 Å². The van der Waals surface area contributed by atoms with Crippen molar-refractivity contribution in [3.8, 4) is 0 Å². The van der Waals surface area contributed by atoms with Gasteiger partial charge >= 0.3 is 5.97 Å². The molecule has 0 fully saturated rings. The smallest absolute Gasteiger partial charge is 0.318 e. The van der Waals surface area contributed by atoms with E-state index in [1.807, 2.05) is 4.72 Å². The van der Waals surface area contributed by atoms with Crippen LogP contribution in [0.5, 0.6) is 0 Å². The highest BCUT2D eigenvalue weighted by Gasteiger charge is 2.33. The van der Waals surface area contributed by atoms with Crippen LogP contribution in [-0.2, 0) is 14.8 Å². The van der Waals surface area contributed by atoms with E-state index in [9.17, 15) is 22.8 Å². The van der Waals surface area contributed by atoms with Gasteiger partial charge in [0, 0.05) is 23.1 Å². The van der Waals surface area contributed by atoms with Gasteiger partial charge in [-0.25, -0.2) is 8.42 Å². The molecule has 2 aromatic carbocycles. The van der Waals surface area contributed by atoms with Gasteiger partial charge in [0.1, 0.15) is 6.54 Å². The number of nitrogens with zero attached hydrogens (tertiary/aromatic N) is 1. The molecule has 8 nitrogen and oxygen atoms in total. The molecule has 0 atom stereocenters. The summed E-state index contributed by atoms with van der Waals surface area (Å²) >= 11 is 0. The standard InChI is InChI=1S/C16H14N2O6S/c1-2-18-15(21)11-5-3-4-9-6-10(7-12(14(9)11)16(18)22)25(23,24)17-8-13(19)20/h3-7,17H,2,8H2,1H3,(H,19,20). The lowest BCUT2D eigenvalue weighted by Crippen LogP contribution is -2.40. The summed E-state index contributed by atoms with van der Waals surface area (Å²) in [5, 5.41) is 9.48. The Bertz CT molecular complexity index is 1030. The Morgan fingerprint density at radius 1 is 1.16 bits per heavy atom. The summed E-state index contributed by atoms with van der Waals surface area (Å²) in [5.41, 5.74) is 0.432. The molecule has 0 spiro atoms. The van der Waals surface area contributed by atoms with Gasteiger partial charge < -0.3 is 5.11 Å². The normalized spacial score (nSPS) is 14.2. The van der Waals surface area contributed by atoms with E-state index in [0.717, 1.165) is 4.90 Å². The second-order valence-electron chi connectivity index (χ2n) is 5.45. The van der Waals surface area contributed by atoms with Crippen molar-refractivity contribution in [3.63, 3.8) is 0 Å². The van der Waals surface area contributed by atoms with Crippen LogP contribution in [0.3, 0.4) is 0 Å². The summed E-state index contributed by atoms with van der Waals surface area (Å²) in [4.78, 5) is 36.4. The molecule has 2 N–H and O–H groups in total. The number of carboxylic acid groups (broad SMARTS) is 1. The van der Waals surface area contributed by atoms with Crippen molar-refractivity contribution in [2.24, 2.45) is 0 Å². The van der Waals surface area contributed by atoms with Crippen LogP contribution in [0.1, 0.15) is 27.6 Å². The van der Waals surface area contributed by atoms with E-state index in [2.05, 4.69) is 0 Å². The molecular weight excluding hydrogens is 348 g/mol. The summed E-state index contributed by atoms with van der Waals surface area (Å²) in [5.74, 6) is -2.33. The van der Waals surface area contributed by atoms with E-state index in [0.29, 0.717) is 16.3 Å². The van der Waals surface area contributed by atoms with Crippen LogP contribution in [-0.4, -0.2) is 49.3 Å². The number of sulfonamides is 1. The number of hydrogen-bond acceptors (Lipinski definition) is 5. The van der Waals surface area contributed by atoms with Crippen molar-refractivity contribution < 1.29 is 27.9 Å². The van der Waals surface area contributed by atoms with Crippen molar-refractivity contribution in [2.45, 2.75) is 11.8 Å². The Labute approximate surface area is 143 Å². The molecule has 130 valence electrons. The quantitative estimate of drug-likeness (QED) is 0.760. The minimum absolute atomic E-state index is 0.102. The Morgan fingerprint density at radius 3 is 2.48 bits per heavy atom. The van der Waals surface area contributed by atoms with Gasteiger partial charge in [-0.15, -0.1) is 0 Å². The fraction of sp³-hybridized carbons (Fsp3) is 0.188. The Hall–Kier alpha value is -2.78. The monoisotopic (exact) mass is 362 g/mol. The third kappa shape index (κ3) is 2.77. The number of amides is 2. The molecule has 0 bridgehead atoms. The number of carbonyl (C=O) groups is 3. The molecule has 9 heteroatoms. The summed E-state index contributed by atoms with van der Waals surface area (Å²) in [6.07, 6.45) is 0. The van der Waals surface area contributed by atoms with Gasteiger partial charge in [0.05, 0.1) is 4.90 Å². The molecule has 0 radical (unpaired) electrons. The highest BCUT2D eigenvalue weighted by atomic mass is 32.2. The van der Waals surface area contributed by atoms with Gasteiger partial charge in [0.25, 0.3) is 11.8 Å². The van der Waals surface area contributed by atoms with Crippen molar-refractivity contribution in [1.29, 1.82) is 0 Å². The predicted molar refractivity (Wildman–Crippen MR) is 87.8 cm³/mol. The summed E-state index contributed by atoms with van der Waals surface area (Å²) in [6, 6.07) is 7.27. The first-order valence-electron chi connectivity index (χ1n) is 7.40. The average Bonchev–Trinajstić information content (AvgIpc) is 2.58. The minimum Gasteiger partial charge on any atom is -0.480 e. The molecule has 1 heterocycles. The van der Waals surface area contributed by atoms with Crippen molar-refractivity contribution in [3.05, 3.63) is 41.5 Å².